The number of carbonyl (C=O) groups excluding carboxylic acids is 1. The van der Waals surface area contributed by atoms with Gasteiger partial charge in [0.25, 0.3) is 0 Å². The fourth-order valence-electron chi connectivity index (χ4n) is 2.39. The predicted octanol–water partition coefficient (Wildman–Crippen LogP) is 2.51. The zero-order chi connectivity index (χ0) is 14.0. The van der Waals surface area contributed by atoms with Crippen LogP contribution in [0.4, 0.5) is 0 Å². The van der Waals surface area contributed by atoms with E-state index in [4.69, 9.17) is 9.47 Å². The molecule has 1 unspecified atom stereocenters. The molecule has 0 spiro atoms. The van der Waals surface area contributed by atoms with Crippen molar-refractivity contribution in [1.29, 1.82) is 0 Å². The van der Waals surface area contributed by atoms with E-state index in [0.29, 0.717) is 12.2 Å². The highest BCUT2D eigenvalue weighted by molar-refractivity contribution is 5.69. The summed E-state index contributed by atoms with van der Waals surface area (Å²) in [6, 6.07) is 9.51. The Labute approximate surface area is 117 Å². The third-order valence-electron chi connectivity index (χ3n) is 3.61. The van der Waals surface area contributed by atoms with Gasteiger partial charge in [-0.15, -0.1) is 0 Å². The highest BCUT2D eigenvalue weighted by Gasteiger charge is 2.28. The summed E-state index contributed by atoms with van der Waals surface area (Å²) in [4.78, 5) is 15.6. The van der Waals surface area contributed by atoms with Crippen molar-refractivity contribution in [3.63, 3.8) is 0 Å². The molecule has 1 aliphatic rings. The van der Waals surface area contributed by atoms with Crippen LogP contribution in [0.25, 0.3) is 0 Å². The van der Waals surface area contributed by atoms with Gasteiger partial charge in [-0.25, -0.2) is 0 Å². The summed E-state index contributed by atoms with van der Waals surface area (Å²) < 4.78 is 10.7. The number of nitrogens with zero attached hydrogens (tertiary/aromatic N) is 1. The molecule has 1 aromatic carbocycles. The number of ether oxygens (including phenoxy) is 2. The van der Waals surface area contributed by atoms with E-state index in [1.165, 1.54) is 0 Å². The molecular weight excluding hydrogens is 254 g/mol. The molecule has 102 valence electrons. The first-order valence-electron chi connectivity index (χ1n) is 6.47. The van der Waals surface area contributed by atoms with Crippen molar-refractivity contribution in [2.24, 2.45) is 0 Å². The summed E-state index contributed by atoms with van der Waals surface area (Å²) in [5.41, 5.74) is 1.41. The zero-order valence-electron chi connectivity index (χ0n) is 11.2. The molecule has 0 N–H and O–H groups in total. The normalized spacial score (nSPS) is 15.7. The second-order valence-corrected chi connectivity index (χ2v) is 5.14. The summed E-state index contributed by atoms with van der Waals surface area (Å²) in [6.07, 6.45) is 5.09. The lowest BCUT2D eigenvalue weighted by molar-refractivity contribution is -0.112. The first-order valence-corrected chi connectivity index (χ1v) is 6.47. The molecule has 0 amide bonds. The lowest BCUT2D eigenvalue weighted by Gasteiger charge is -2.24. The van der Waals surface area contributed by atoms with Crippen molar-refractivity contribution in [3.05, 3.63) is 53.9 Å². The number of aromatic nitrogens is 1. The second-order valence-electron chi connectivity index (χ2n) is 5.14. The van der Waals surface area contributed by atoms with E-state index in [0.717, 1.165) is 23.2 Å². The fraction of sp³-hybridized carbons (Fsp3) is 0.250. The van der Waals surface area contributed by atoms with Crippen LogP contribution in [0.3, 0.4) is 0 Å². The van der Waals surface area contributed by atoms with E-state index in [9.17, 15) is 4.79 Å². The molecule has 0 bridgehead atoms. The van der Waals surface area contributed by atoms with Gasteiger partial charge < -0.3 is 14.3 Å². The summed E-state index contributed by atoms with van der Waals surface area (Å²) in [5.74, 6) is 1.43. The Morgan fingerprint density at radius 2 is 1.95 bits per heavy atom. The van der Waals surface area contributed by atoms with E-state index < -0.39 is 5.41 Å². The molecule has 0 fully saturated rings. The largest absolute Gasteiger partial charge is 0.454 e. The smallest absolute Gasteiger partial charge is 0.231 e. The standard InChI is InChI=1S/C16H15NO3/c1-16(10-18,9-12-4-6-17-7-5-12)13-2-3-14-15(8-13)20-11-19-14/h2-8,10H,9,11H2,1H3. The number of pyridine rings is 1. The van der Waals surface area contributed by atoms with Gasteiger partial charge in [-0.2, -0.15) is 0 Å². The zero-order valence-corrected chi connectivity index (χ0v) is 11.2. The number of rotatable bonds is 4. The van der Waals surface area contributed by atoms with Gasteiger partial charge in [0.15, 0.2) is 11.5 Å². The lowest BCUT2D eigenvalue weighted by atomic mass is 9.78. The van der Waals surface area contributed by atoms with Gasteiger partial charge in [0.2, 0.25) is 6.79 Å². The Morgan fingerprint density at radius 3 is 2.70 bits per heavy atom. The molecular formula is C16H15NO3. The number of hydrogen-bond acceptors (Lipinski definition) is 4. The van der Waals surface area contributed by atoms with Crippen molar-refractivity contribution in [3.8, 4) is 11.5 Å². The third kappa shape index (κ3) is 2.25. The van der Waals surface area contributed by atoms with Crippen LogP contribution in [0.5, 0.6) is 11.5 Å². The molecule has 2 aromatic rings. The lowest BCUT2D eigenvalue weighted by Crippen LogP contribution is -2.26. The number of benzene rings is 1. The number of fused-ring (bicyclic) bond motifs is 1. The maximum atomic E-state index is 11.6. The molecule has 4 nitrogen and oxygen atoms in total. The second kappa shape index (κ2) is 4.96. The predicted molar refractivity (Wildman–Crippen MR) is 73.9 cm³/mol. The van der Waals surface area contributed by atoms with Gasteiger partial charge in [-0.3, -0.25) is 4.98 Å². The van der Waals surface area contributed by atoms with Crippen LogP contribution in [-0.2, 0) is 16.6 Å². The fourth-order valence-corrected chi connectivity index (χ4v) is 2.39. The van der Waals surface area contributed by atoms with E-state index in [2.05, 4.69) is 4.98 Å². The third-order valence-corrected chi connectivity index (χ3v) is 3.61. The molecule has 3 rings (SSSR count). The molecule has 1 atom stereocenters. The van der Waals surface area contributed by atoms with E-state index in [1.807, 2.05) is 37.3 Å². The summed E-state index contributed by atoms with van der Waals surface area (Å²) >= 11 is 0. The molecule has 0 aliphatic carbocycles. The number of aldehydes is 1. The Hall–Kier alpha value is -2.36. The maximum absolute atomic E-state index is 11.6. The number of hydrogen-bond donors (Lipinski definition) is 0. The molecule has 20 heavy (non-hydrogen) atoms. The van der Waals surface area contributed by atoms with Gasteiger partial charge in [-0.1, -0.05) is 6.07 Å². The molecule has 1 aromatic heterocycles. The Bertz CT molecular complexity index is 627. The Morgan fingerprint density at radius 1 is 1.20 bits per heavy atom. The van der Waals surface area contributed by atoms with Crippen LogP contribution in [0.2, 0.25) is 0 Å². The molecule has 4 heteroatoms. The van der Waals surface area contributed by atoms with Crippen molar-refractivity contribution in [2.45, 2.75) is 18.8 Å². The van der Waals surface area contributed by atoms with E-state index in [-0.39, 0.29) is 6.79 Å². The summed E-state index contributed by atoms with van der Waals surface area (Å²) in [6.45, 7) is 2.17. The van der Waals surface area contributed by atoms with E-state index >= 15 is 0 Å². The van der Waals surface area contributed by atoms with Crippen LogP contribution in [0, 0.1) is 0 Å². The topological polar surface area (TPSA) is 48.4 Å². The van der Waals surface area contributed by atoms with Gasteiger partial charge in [-0.05, 0) is 48.7 Å². The van der Waals surface area contributed by atoms with Gasteiger partial charge >= 0.3 is 0 Å². The van der Waals surface area contributed by atoms with Crippen LogP contribution in [0.1, 0.15) is 18.1 Å². The Balaban J connectivity index is 1.94. The van der Waals surface area contributed by atoms with Crippen molar-refractivity contribution >= 4 is 6.29 Å². The molecule has 1 aliphatic heterocycles. The monoisotopic (exact) mass is 269 g/mol. The number of carbonyl (C=O) groups is 1. The summed E-state index contributed by atoms with van der Waals surface area (Å²) in [5, 5.41) is 0. The van der Waals surface area contributed by atoms with Gasteiger partial charge in [0.1, 0.15) is 6.29 Å². The highest BCUT2D eigenvalue weighted by atomic mass is 16.7. The van der Waals surface area contributed by atoms with Gasteiger partial charge in [0.05, 0.1) is 5.41 Å². The SMILES string of the molecule is CC(C=O)(Cc1ccncc1)c1ccc2c(c1)OCO2. The van der Waals surface area contributed by atoms with Crippen LogP contribution >= 0.6 is 0 Å². The highest BCUT2D eigenvalue weighted by Crippen LogP contribution is 2.37. The van der Waals surface area contributed by atoms with Crippen LogP contribution < -0.4 is 9.47 Å². The minimum Gasteiger partial charge on any atom is -0.454 e. The van der Waals surface area contributed by atoms with Crippen molar-refractivity contribution in [1.82, 2.24) is 4.98 Å². The molecule has 0 saturated carbocycles. The first-order chi connectivity index (χ1) is 9.71. The van der Waals surface area contributed by atoms with Crippen molar-refractivity contribution < 1.29 is 14.3 Å². The van der Waals surface area contributed by atoms with Crippen molar-refractivity contribution in [2.75, 3.05) is 6.79 Å². The molecule has 2 heterocycles. The summed E-state index contributed by atoms with van der Waals surface area (Å²) in [7, 11) is 0. The average molecular weight is 269 g/mol. The minimum absolute atomic E-state index is 0.237. The first kappa shape index (κ1) is 12.7. The van der Waals surface area contributed by atoms with E-state index in [1.54, 1.807) is 12.4 Å². The quantitative estimate of drug-likeness (QED) is 0.800. The molecule has 0 radical (unpaired) electrons. The Kier molecular flexibility index (Phi) is 3.14. The van der Waals surface area contributed by atoms with Crippen LogP contribution in [0.15, 0.2) is 42.7 Å². The van der Waals surface area contributed by atoms with Gasteiger partial charge in [0, 0.05) is 12.4 Å². The van der Waals surface area contributed by atoms with Crippen LogP contribution in [-0.4, -0.2) is 18.1 Å². The maximum Gasteiger partial charge on any atom is 0.231 e. The minimum atomic E-state index is -0.595. The average Bonchev–Trinajstić information content (AvgIpc) is 2.95. The molecule has 0 saturated heterocycles.